The summed E-state index contributed by atoms with van der Waals surface area (Å²) in [6.45, 7) is 5.43. The molecule has 0 aromatic carbocycles. The van der Waals surface area contributed by atoms with Crippen LogP contribution in [0.3, 0.4) is 0 Å². The van der Waals surface area contributed by atoms with Crippen molar-refractivity contribution in [1.82, 2.24) is 9.97 Å². The zero-order valence-corrected chi connectivity index (χ0v) is 16.1. The number of aryl methyl sites for hydroxylation is 2. The van der Waals surface area contributed by atoms with Crippen LogP contribution in [0.4, 0.5) is 0 Å². The van der Waals surface area contributed by atoms with Crippen LogP contribution >= 0.6 is 23.1 Å². The first-order valence-electron chi connectivity index (χ1n) is 8.02. The molecule has 25 heavy (non-hydrogen) atoms. The van der Waals surface area contributed by atoms with Crippen LogP contribution in [-0.4, -0.2) is 32.4 Å². The quantitative estimate of drug-likeness (QED) is 0.600. The number of pyridine rings is 1. The van der Waals surface area contributed by atoms with E-state index in [2.05, 4.69) is 9.97 Å². The second-order valence-corrected chi connectivity index (χ2v) is 8.14. The van der Waals surface area contributed by atoms with Crippen LogP contribution in [0.25, 0.3) is 0 Å². The average molecular weight is 377 g/mol. The standard InChI is InChI=1S/C14H12N2O2S.C4H8OS/c1-8-16-11-5-4-10(13(18)14(11)19-8)12(17)9-3-2-6-15-7-9;1-3-6-4(2)5/h2-3,6-7,10H,4-5H2,1H3;3H2,1-2H3. The van der Waals surface area contributed by atoms with Gasteiger partial charge < -0.3 is 0 Å². The molecule has 0 N–H and O–H groups in total. The topological polar surface area (TPSA) is 77.0 Å². The molecule has 1 aliphatic rings. The summed E-state index contributed by atoms with van der Waals surface area (Å²) in [5, 5.41) is 1.09. The summed E-state index contributed by atoms with van der Waals surface area (Å²) in [6, 6.07) is 3.42. The van der Waals surface area contributed by atoms with Gasteiger partial charge in [0.25, 0.3) is 0 Å². The van der Waals surface area contributed by atoms with Crippen LogP contribution in [0, 0.1) is 12.8 Å². The highest BCUT2D eigenvalue weighted by Gasteiger charge is 2.35. The predicted molar refractivity (Wildman–Crippen MR) is 100 cm³/mol. The first kappa shape index (κ1) is 19.5. The van der Waals surface area contributed by atoms with E-state index in [1.165, 1.54) is 29.3 Å². The molecule has 3 rings (SSSR count). The van der Waals surface area contributed by atoms with E-state index in [0.717, 1.165) is 16.5 Å². The molecule has 0 aliphatic heterocycles. The average Bonchev–Trinajstić information content (AvgIpc) is 2.97. The highest BCUT2D eigenvalue weighted by Crippen LogP contribution is 2.31. The van der Waals surface area contributed by atoms with E-state index < -0.39 is 5.92 Å². The number of rotatable bonds is 3. The molecular formula is C18H20N2O3S2. The molecule has 0 bridgehead atoms. The van der Waals surface area contributed by atoms with Crippen molar-refractivity contribution in [3.05, 3.63) is 45.7 Å². The second kappa shape index (κ2) is 9.01. The van der Waals surface area contributed by atoms with E-state index in [4.69, 9.17) is 0 Å². The summed E-state index contributed by atoms with van der Waals surface area (Å²) in [5.41, 5.74) is 1.35. The van der Waals surface area contributed by atoms with Gasteiger partial charge in [-0.25, -0.2) is 4.98 Å². The molecule has 0 radical (unpaired) electrons. The number of hydrogen-bond donors (Lipinski definition) is 0. The predicted octanol–water partition coefficient (Wildman–Crippen LogP) is 3.76. The summed E-state index contributed by atoms with van der Waals surface area (Å²) in [5.74, 6) is 0.113. The molecule has 1 aliphatic carbocycles. The Morgan fingerprint density at radius 1 is 1.40 bits per heavy atom. The molecule has 0 spiro atoms. The minimum Gasteiger partial charge on any atom is -0.293 e. The van der Waals surface area contributed by atoms with Gasteiger partial charge in [0, 0.05) is 24.9 Å². The van der Waals surface area contributed by atoms with Crippen molar-refractivity contribution in [3.63, 3.8) is 0 Å². The molecule has 0 fully saturated rings. The molecule has 1 unspecified atom stereocenters. The molecule has 0 amide bonds. The van der Waals surface area contributed by atoms with Crippen LogP contribution in [0.5, 0.6) is 0 Å². The number of fused-ring (bicyclic) bond motifs is 1. The van der Waals surface area contributed by atoms with Gasteiger partial charge in [-0.3, -0.25) is 19.4 Å². The third kappa shape index (κ3) is 5.06. The number of nitrogens with zero attached hydrogens (tertiary/aromatic N) is 2. The number of carbonyl (C=O) groups is 3. The van der Waals surface area contributed by atoms with Gasteiger partial charge in [-0.1, -0.05) is 18.7 Å². The maximum Gasteiger partial charge on any atom is 0.185 e. The second-order valence-electron chi connectivity index (χ2n) is 5.49. The van der Waals surface area contributed by atoms with Crippen LogP contribution in [0.15, 0.2) is 24.5 Å². The van der Waals surface area contributed by atoms with Crippen LogP contribution in [0.1, 0.15) is 51.0 Å². The van der Waals surface area contributed by atoms with Crippen molar-refractivity contribution in [1.29, 1.82) is 0 Å². The van der Waals surface area contributed by atoms with Gasteiger partial charge in [0.1, 0.15) is 0 Å². The van der Waals surface area contributed by atoms with Gasteiger partial charge >= 0.3 is 0 Å². The lowest BCUT2D eigenvalue weighted by atomic mass is 9.84. The number of aromatic nitrogens is 2. The van der Waals surface area contributed by atoms with Gasteiger partial charge in [-0.2, -0.15) is 0 Å². The zero-order valence-electron chi connectivity index (χ0n) is 14.4. The Kier molecular flexibility index (Phi) is 7.01. The van der Waals surface area contributed by atoms with Crippen molar-refractivity contribution >= 4 is 39.8 Å². The Bertz CT molecular complexity index is 772. The molecule has 132 valence electrons. The molecular weight excluding hydrogens is 356 g/mol. The Labute approximate surface area is 155 Å². The summed E-state index contributed by atoms with van der Waals surface area (Å²) in [4.78, 5) is 43.7. The fourth-order valence-corrected chi connectivity index (χ4v) is 3.93. The minimum atomic E-state index is -0.573. The summed E-state index contributed by atoms with van der Waals surface area (Å²) in [6.07, 6.45) is 4.37. The lowest BCUT2D eigenvalue weighted by molar-refractivity contribution is -0.109. The molecule has 2 aromatic rings. The van der Waals surface area contributed by atoms with Crippen LogP contribution in [-0.2, 0) is 11.2 Å². The normalized spacial score (nSPS) is 15.8. The lowest BCUT2D eigenvalue weighted by Crippen LogP contribution is -2.28. The molecule has 1 atom stereocenters. The van der Waals surface area contributed by atoms with Crippen molar-refractivity contribution in [3.8, 4) is 0 Å². The van der Waals surface area contributed by atoms with Crippen molar-refractivity contribution in [2.45, 2.75) is 33.6 Å². The highest BCUT2D eigenvalue weighted by atomic mass is 32.2. The molecule has 0 saturated carbocycles. The van der Waals surface area contributed by atoms with E-state index in [9.17, 15) is 14.4 Å². The SMILES string of the molecule is CCSC(C)=O.Cc1nc2c(s1)C(=O)C(C(=O)c1cccnc1)CC2. The minimum absolute atomic E-state index is 0.0827. The van der Waals surface area contributed by atoms with Gasteiger partial charge in [-0.15, -0.1) is 11.3 Å². The van der Waals surface area contributed by atoms with Gasteiger partial charge in [0.05, 0.1) is 21.5 Å². The third-order valence-corrected chi connectivity index (χ3v) is 5.35. The third-order valence-electron chi connectivity index (χ3n) is 3.62. The number of thioether (sulfide) groups is 1. The number of Topliss-reactive ketones (excluding diaryl/α,β-unsaturated/α-hetero) is 2. The fourth-order valence-electron chi connectivity index (χ4n) is 2.57. The summed E-state index contributed by atoms with van der Waals surface area (Å²) >= 11 is 2.73. The Balaban J connectivity index is 0.000000326. The number of ketones is 2. The monoisotopic (exact) mass is 376 g/mol. The zero-order chi connectivity index (χ0) is 18.4. The van der Waals surface area contributed by atoms with Crippen LogP contribution < -0.4 is 0 Å². The van der Waals surface area contributed by atoms with E-state index >= 15 is 0 Å². The maximum atomic E-state index is 12.4. The van der Waals surface area contributed by atoms with E-state index in [1.807, 2.05) is 13.8 Å². The van der Waals surface area contributed by atoms with Crippen molar-refractivity contribution in [2.75, 3.05) is 5.75 Å². The lowest BCUT2D eigenvalue weighted by Gasteiger charge is -2.18. The molecule has 2 heterocycles. The first-order chi connectivity index (χ1) is 11.9. The molecule has 0 saturated heterocycles. The molecule has 5 nitrogen and oxygen atoms in total. The Hall–Kier alpha value is -1.86. The number of hydrogen-bond acceptors (Lipinski definition) is 7. The Morgan fingerprint density at radius 3 is 2.72 bits per heavy atom. The first-order valence-corrected chi connectivity index (χ1v) is 9.82. The molecule has 2 aromatic heterocycles. The van der Waals surface area contributed by atoms with E-state index in [0.29, 0.717) is 23.3 Å². The Morgan fingerprint density at radius 2 is 2.16 bits per heavy atom. The summed E-state index contributed by atoms with van der Waals surface area (Å²) < 4.78 is 0. The fraction of sp³-hybridized carbons (Fsp3) is 0.389. The molecule has 7 heteroatoms. The van der Waals surface area contributed by atoms with Crippen molar-refractivity contribution in [2.24, 2.45) is 5.92 Å². The van der Waals surface area contributed by atoms with Crippen molar-refractivity contribution < 1.29 is 14.4 Å². The van der Waals surface area contributed by atoms with Gasteiger partial charge in [0.15, 0.2) is 16.7 Å². The maximum absolute atomic E-state index is 12.4. The van der Waals surface area contributed by atoms with E-state index in [1.54, 1.807) is 25.3 Å². The van der Waals surface area contributed by atoms with Crippen LogP contribution in [0.2, 0.25) is 0 Å². The smallest absolute Gasteiger partial charge is 0.185 e. The largest absolute Gasteiger partial charge is 0.293 e. The highest BCUT2D eigenvalue weighted by molar-refractivity contribution is 8.13. The number of thiazole rings is 1. The van der Waals surface area contributed by atoms with Gasteiger partial charge in [0.2, 0.25) is 0 Å². The van der Waals surface area contributed by atoms with Gasteiger partial charge in [-0.05, 0) is 37.7 Å². The van der Waals surface area contributed by atoms with E-state index in [-0.39, 0.29) is 16.7 Å². The number of carbonyl (C=O) groups excluding carboxylic acids is 3. The summed E-state index contributed by atoms with van der Waals surface area (Å²) in [7, 11) is 0.